The van der Waals surface area contributed by atoms with E-state index in [4.69, 9.17) is 11.5 Å². The van der Waals surface area contributed by atoms with E-state index < -0.39 is 0 Å². The molecule has 0 bridgehead atoms. The highest BCUT2D eigenvalue weighted by atomic mass is 15.3. The molecular formula is C11H22N4. The van der Waals surface area contributed by atoms with Crippen molar-refractivity contribution < 1.29 is 0 Å². The van der Waals surface area contributed by atoms with E-state index in [-0.39, 0.29) is 5.96 Å². The van der Waals surface area contributed by atoms with Gasteiger partial charge in [-0.15, -0.1) is 5.10 Å². The Morgan fingerprint density at radius 1 is 1.33 bits per heavy atom. The summed E-state index contributed by atoms with van der Waals surface area (Å²) in [4.78, 5) is 0. The molecule has 0 saturated heterocycles. The first kappa shape index (κ1) is 13.7. The highest BCUT2D eigenvalue weighted by Crippen LogP contribution is 2.10. The minimum atomic E-state index is 0.00319. The van der Waals surface area contributed by atoms with Crippen LogP contribution in [0.3, 0.4) is 0 Å². The normalized spacial score (nSPS) is 12.5. The van der Waals surface area contributed by atoms with Crippen molar-refractivity contribution in [1.29, 1.82) is 0 Å². The van der Waals surface area contributed by atoms with Crippen LogP contribution < -0.4 is 11.5 Å². The summed E-state index contributed by atoms with van der Waals surface area (Å²) in [5.41, 5.74) is 11.6. The van der Waals surface area contributed by atoms with Crippen LogP contribution in [-0.2, 0) is 0 Å². The number of guanidine groups is 1. The average Bonchev–Trinajstić information content (AvgIpc) is 2.11. The average molecular weight is 210 g/mol. The second kappa shape index (κ2) is 8.03. The second-order valence-electron chi connectivity index (χ2n) is 4.02. The fourth-order valence-corrected chi connectivity index (χ4v) is 1.11. The fourth-order valence-electron chi connectivity index (χ4n) is 1.11. The van der Waals surface area contributed by atoms with Crippen LogP contribution in [0.4, 0.5) is 0 Å². The molecule has 86 valence electrons. The van der Waals surface area contributed by atoms with E-state index in [1.165, 1.54) is 12.0 Å². The van der Waals surface area contributed by atoms with E-state index in [2.05, 4.69) is 37.1 Å². The first-order chi connectivity index (χ1) is 7.02. The third-order valence-corrected chi connectivity index (χ3v) is 1.97. The van der Waals surface area contributed by atoms with Gasteiger partial charge in [-0.3, -0.25) is 0 Å². The van der Waals surface area contributed by atoms with Crippen LogP contribution in [-0.4, -0.2) is 12.2 Å². The molecule has 0 fully saturated rings. The van der Waals surface area contributed by atoms with E-state index in [0.29, 0.717) is 5.92 Å². The predicted octanol–water partition coefficient (Wildman–Crippen LogP) is 2.02. The van der Waals surface area contributed by atoms with Gasteiger partial charge in [0.05, 0.1) is 0 Å². The van der Waals surface area contributed by atoms with Gasteiger partial charge in [-0.25, -0.2) is 0 Å². The first-order valence-electron chi connectivity index (χ1n) is 5.26. The minimum Gasteiger partial charge on any atom is -0.369 e. The Morgan fingerprint density at radius 2 is 2.00 bits per heavy atom. The van der Waals surface area contributed by atoms with Crippen LogP contribution in [0.15, 0.2) is 21.9 Å². The third kappa shape index (κ3) is 10.6. The van der Waals surface area contributed by atoms with Crippen molar-refractivity contribution in [3.8, 4) is 0 Å². The minimum absolute atomic E-state index is 0.00319. The van der Waals surface area contributed by atoms with E-state index in [0.717, 1.165) is 12.8 Å². The molecule has 0 amide bonds. The topological polar surface area (TPSA) is 76.8 Å². The van der Waals surface area contributed by atoms with Gasteiger partial charge < -0.3 is 11.5 Å². The van der Waals surface area contributed by atoms with Crippen LogP contribution in [0.5, 0.6) is 0 Å². The summed E-state index contributed by atoms with van der Waals surface area (Å²) < 4.78 is 0. The van der Waals surface area contributed by atoms with E-state index in [9.17, 15) is 0 Å². The van der Waals surface area contributed by atoms with Gasteiger partial charge in [0.25, 0.3) is 0 Å². The zero-order valence-electron chi connectivity index (χ0n) is 9.90. The molecule has 0 aliphatic heterocycles. The van der Waals surface area contributed by atoms with Crippen LogP contribution in [0.1, 0.15) is 40.0 Å². The number of allylic oxidation sites excluding steroid dienone is 2. The molecule has 0 aromatic heterocycles. The smallest absolute Gasteiger partial charge is 0.211 e. The van der Waals surface area contributed by atoms with Crippen LogP contribution in [0.2, 0.25) is 0 Å². The van der Waals surface area contributed by atoms with Gasteiger partial charge in [-0.1, -0.05) is 18.6 Å². The van der Waals surface area contributed by atoms with Gasteiger partial charge in [0.1, 0.15) is 0 Å². The molecule has 0 aliphatic rings. The van der Waals surface area contributed by atoms with Crippen molar-refractivity contribution in [3.05, 3.63) is 11.6 Å². The molecule has 1 atom stereocenters. The highest BCUT2D eigenvalue weighted by molar-refractivity contribution is 5.76. The largest absolute Gasteiger partial charge is 0.369 e. The molecule has 4 nitrogen and oxygen atoms in total. The van der Waals surface area contributed by atoms with E-state index >= 15 is 0 Å². The summed E-state index contributed by atoms with van der Waals surface area (Å²) in [5, 5.41) is 7.29. The number of nitrogens with zero attached hydrogens (tertiary/aromatic N) is 2. The fraction of sp³-hybridized carbons (Fsp3) is 0.636. The van der Waals surface area contributed by atoms with Crippen LogP contribution >= 0.6 is 0 Å². The number of hydrogen-bond donors (Lipinski definition) is 2. The Hall–Kier alpha value is -1.32. The van der Waals surface area contributed by atoms with Crippen molar-refractivity contribution in [2.45, 2.75) is 40.0 Å². The zero-order chi connectivity index (χ0) is 11.7. The lowest BCUT2D eigenvalue weighted by atomic mass is 10.0. The van der Waals surface area contributed by atoms with E-state index in [1.807, 2.05) is 0 Å². The lowest BCUT2D eigenvalue weighted by Gasteiger charge is -2.05. The summed E-state index contributed by atoms with van der Waals surface area (Å²) in [6.45, 7) is 6.43. The molecule has 0 spiro atoms. The maximum Gasteiger partial charge on any atom is 0.211 e. The Labute approximate surface area is 92.1 Å². The van der Waals surface area contributed by atoms with Crippen molar-refractivity contribution >= 4 is 12.2 Å². The lowest BCUT2D eigenvalue weighted by molar-refractivity contribution is 0.562. The first-order valence-corrected chi connectivity index (χ1v) is 5.26. The van der Waals surface area contributed by atoms with Gasteiger partial charge in [0.2, 0.25) is 5.96 Å². The molecule has 0 saturated carbocycles. The second-order valence-corrected chi connectivity index (χ2v) is 4.02. The molecule has 1 unspecified atom stereocenters. The molecule has 0 aliphatic carbocycles. The predicted molar refractivity (Wildman–Crippen MR) is 66.7 cm³/mol. The Bertz CT molecular complexity index is 245. The number of hydrogen-bond acceptors (Lipinski definition) is 2. The summed E-state index contributed by atoms with van der Waals surface area (Å²) >= 11 is 0. The van der Waals surface area contributed by atoms with Gasteiger partial charge in [-0.2, -0.15) is 5.10 Å². The maximum atomic E-state index is 5.13. The standard InChI is InChI=1S/C11H22N4/c1-9(2)5-4-6-10(3)7-8-14-15-11(12)13/h5,8,10H,4,6-7H2,1-3H3,(H4,12,13,15)/b14-8-. The molecule has 0 radical (unpaired) electrons. The van der Waals surface area contributed by atoms with E-state index in [1.54, 1.807) is 6.21 Å². The maximum absolute atomic E-state index is 5.13. The molecule has 0 aromatic carbocycles. The van der Waals surface area contributed by atoms with Crippen molar-refractivity contribution in [1.82, 2.24) is 0 Å². The van der Waals surface area contributed by atoms with Crippen molar-refractivity contribution in [3.63, 3.8) is 0 Å². The molecule has 15 heavy (non-hydrogen) atoms. The van der Waals surface area contributed by atoms with Gasteiger partial charge in [0, 0.05) is 6.21 Å². The summed E-state index contributed by atoms with van der Waals surface area (Å²) in [7, 11) is 0. The SMILES string of the molecule is CC(C)=CCCC(C)C/C=N\N=C(N)N. The summed E-state index contributed by atoms with van der Waals surface area (Å²) in [6, 6.07) is 0. The zero-order valence-corrected chi connectivity index (χ0v) is 9.90. The molecule has 4 heteroatoms. The Balaban J connectivity index is 3.66. The molecule has 4 N–H and O–H groups in total. The quantitative estimate of drug-likeness (QED) is 0.304. The lowest BCUT2D eigenvalue weighted by Crippen LogP contribution is -2.21. The van der Waals surface area contributed by atoms with Crippen LogP contribution in [0.25, 0.3) is 0 Å². The molecule has 0 rings (SSSR count). The number of rotatable bonds is 6. The Morgan fingerprint density at radius 3 is 2.53 bits per heavy atom. The van der Waals surface area contributed by atoms with Gasteiger partial charge in [-0.05, 0) is 39.0 Å². The molecule has 0 aromatic rings. The van der Waals surface area contributed by atoms with Gasteiger partial charge in [0.15, 0.2) is 0 Å². The third-order valence-electron chi connectivity index (χ3n) is 1.97. The van der Waals surface area contributed by atoms with Crippen molar-refractivity contribution in [2.75, 3.05) is 0 Å². The van der Waals surface area contributed by atoms with Crippen LogP contribution in [0, 0.1) is 5.92 Å². The molecule has 0 heterocycles. The number of nitrogens with two attached hydrogens (primary N) is 2. The Kier molecular flexibility index (Phi) is 7.32. The summed E-state index contributed by atoms with van der Waals surface area (Å²) in [6.07, 6.45) is 7.21. The highest BCUT2D eigenvalue weighted by Gasteiger charge is 1.97. The monoisotopic (exact) mass is 210 g/mol. The van der Waals surface area contributed by atoms with Gasteiger partial charge >= 0.3 is 0 Å². The molecular weight excluding hydrogens is 188 g/mol. The summed E-state index contributed by atoms with van der Waals surface area (Å²) in [5.74, 6) is 0.613. The van der Waals surface area contributed by atoms with Crippen molar-refractivity contribution in [2.24, 2.45) is 27.6 Å².